The van der Waals surface area contributed by atoms with E-state index < -0.39 is 21.3 Å². The Morgan fingerprint density at radius 1 is 1.04 bits per heavy atom. The van der Waals surface area contributed by atoms with E-state index >= 15 is 0 Å². The zero-order valence-corrected chi connectivity index (χ0v) is 17.5. The van der Waals surface area contributed by atoms with E-state index in [1.165, 1.54) is 22.3 Å². The predicted octanol–water partition coefficient (Wildman–Crippen LogP) is 2.99. The molecule has 28 heavy (non-hydrogen) atoms. The van der Waals surface area contributed by atoms with Gasteiger partial charge in [-0.05, 0) is 99.7 Å². The molecule has 0 saturated carbocycles. The van der Waals surface area contributed by atoms with Crippen molar-refractivity contribution in [1.82, 2.24) is 9.62 Å². The Morgan fingerprint density at radius 2 is 1.71 bits per heavy atom. The van der Waals surface area contributed by atoms with Crippen LogP contribution in [0.4, 0.5) is 10.5 Å². The van der Waals surface area contributed by atoms with Gasteiger partial charge in [0, 0.05) is 5.69 Å². The Labute approximate surface area is 168 Å². The van der Waals surface area contributed by atoms with E-state index in [4.69, 9.17) is 0 Å². The van der Waals surface area contributed by atoms with Crippen LogP contribution in [0.1, 0.15) is 61.3 Å². The van der Waals surface area contributed by atoms with Crippen molar-refractivity contribution in [3.63, 3.8) is 0 Å². The Hall–Kier alpha value is -1.60. The summed E-state index contributed by atoms with van der Waals surface area (Å²) in [5.74, 6) is 0. The van der Waals surface area contributed by atoms with Crippen molar-refractivity contribution in [1.29, 1.82) is 0 Å². The quantitative estimate of drug-likeness (QED) is 0.807. The lowest BCUT2D eigenvalue weighted by Crippen LogP contribution is -2.41. The summed E-state index contributed by atoms with van der Waals surface area (Å²) in [4.78, 5) is 14.9. The van der Waals surface area contributed by atoms with Gasteiger partial charge in [0.15, 0.2) is 0 Å². The molecule has 1 heterocycles. The van der Waals surface area contributed by atoms with Gasteiger partial charge < -0.3 is 10.2 Å². The number of nitrogens with zero attached hydrogens (tertiary/aromatic N) is 1. The third kappa shape index (κ3) is 3.92. The van der Waals surface area contributed by atoms with Gasteiger partial charge >= 0.3 is 6.03 Å². The Morgan fingerprint density at radius 3 is 2.36 bits per heavy atom. The summed E-state index contributed by atoms with van der Waals surface area (Å²) in [6.07, 6.45) is 8.25. The number of urea groups is 1. The molecule has 1 aromatic carbocycles. The first-order valence-electron chi connectivity index (χ1n) is 10.7. The van der Waals surface area contributed by atoms with Gasteiger partial charge in [0.05, 0.1) is 5.25 Å². The highest BCUT2D eigenvalue weighted by molar-refractivity contribution is 7.90. The van der Waals surface area contributed by atoms with Gasteiger partial charge in [-0.15, -0.1) is 0 Å². The van der Waals surface area contributed by atoms with Gasteiger partial charge in [0.25, 0.3) is 0 Å². The van der Waals surface area contributed by atoms with Crippen LogP contribution in [0.15, 0.2) is 6.07 Å². The number of nitrogens with one attached hydrogen (secondary N) is 2. The maximum atomic E-state index is 12.8. The SMILES string of the molecule is CCN1CCCC(S(=O)(=O)NC(=O)Nc2c3c(cc4c2CCC4)CCC3)CC1. The molecule has 1 aromatic rings. The molecule has 2 N–H and O–H groups in total. The van der Waals surface area contributed by atoms with Crippen LogP contribution in [0, 0.1) is 0 Å². The monoisotopic (exact) mass is 405 g/mol. The summed E-state index contributed by atoms with van der Waals surface area (Å²) in [7, 11) is -3.67. The molecule has 1 aliphatic heterocycles. The number of rotatable bonds is 4. The standard InChI is InChI=1S/C21H31N3O3S/c1-2-24-12-5-8-17(11-13-24)28(26,27)23-21(25)22-20-18-9-3-6-15(18)14-16-7-4-10-19(16)20/h14,17H,2-13H2,1H3,(H2,22,23,25). The van der Waals surface area contributed by atoms with Gasteiger partial charge in [0.1, 0.15) is 0 Å². The summed E-state index contributed by atoms with van der Waals surface area (Å²) < 4.78 is 27.9. The number of benzene rings is 1. The topological polar surface area (TPSA) is 78.5 Å². The minimum Gasteiger partial charge on any atom is -0.307 e. The normalized spacial score (nSPS) is 22.4. The highest BCUT2D eigenvalue weighted by Crippen LogP contribution is 2.38. The Balaban J connectivity index is 1.48. The van der Waals surface area contributed by atoms with Crippen LogP contribution < -0.4 is 10.0 Å². The molecule has 1 unspecified atom stereocenters. The molecule has 0 aromatic heterocycles. The first kappa shape index (κ1) is 19.7. The van der Waals surface area contributed by atoms with Crippen molar-refractivity contribution in [2.45, 2.75) is 70.0 Å². The fourth-order valence-corrected chi connectivity index (χ4v) is 6.44. The zero-order valence-electron chi connectivity index (χ0n) is 16.7. The minimum atomic E-state index is -3.67. The lowest BCUT2D eigenvalue weighted by Gasteiger charge is -2.19. The second kappa shape index (κ2) is 8.03. The van der Waals surface area contributed by atoms with Gasteiger partial charge in [-0.3, -0.25) is 0 Å². The number of likely N-dealkylation sites (tertiary alicyclic amines) is 1. The fourth-order valence-electron chi connectivity index (χ4n) is 5.07. The molecule has 3 aliphatic rings. The Kier molecular flexibility index (Phi) is 5.65. The number of carbonyl (C=O) groups excluding carboxylic acids is 1. The van der Waals surface area contributed by atoms with Crippen LogP contribution in [0.2, 0.25) is 0 Å². The third-order valence-corrected chi connectivity index (χ3v) is 8.42. The number of amides is 2. The third-order valence-electron chi connectivity index (χ3n) is 6.60. The lowest BCUT2D eigenvalue weighted by molar-refractivity contribution is 0.256. The minimum absolute atomic E-state index is 0.498. The average Bonchev–Trinajstić information content (AvgIpc) is 3.24. The highest BCUT2D eigenvalue weighted by atomic mass is 32.2. The fraction of sp³-hybridized carbons (Fsp3) is 0.667. The second-order valence-corrected chi connectivity index (χ2v) is 10.3. The molecule has 154 valence electrons. The van der Waals surface area contributed by atoms with Crippen LogP contribution in [0.25, 0.3) is 0 Å². The van der Waals surface area contributed by atoms with Crippen LogP contribution in [0.5, 0.6) is 0 Å². The molecule has 6 nitrogen and oxygen atoms in total. The van der Waals surface area contributed by atoms with Gasteiger partial charge in [0.2, 0.25) is 10.0 Å². The summed E-state index contributed by atoms with van der Waals surface area (Å²) in [6, 6.07) is 1.70. The van der Waals surface area contributed by atoms with Crippen molar-refractivity contribution in [2.75, 3.05) is 25.0 Å². The molecular weight excluding hydrogens is 374 g/mol. The summed E-state index contributed by atoms with van der Waals surface area (Å²) in [5, 5.41) is 2.44. The summed E-state index contributed by atoms with van der Waals surface area (Å²) >= 11 is 0. The molecule has 0 spiro atoms. The molecule has 1 atom stereocenters. The van der Waals surface area contributed by atoms with E-state index in [1.54, 1.807) is 0 Å². The van der Waals surface area contributed by atoms with E-state index in [1.807, 2.05) is 0 Å². The van der Waals surface area contributed by atoms with Crippen LogP contribution in [-0.4, -0.2) is 44.2 Å². The van der Waals surface area contributed by atoms with Gasteiger partial charge in [-0.25, -0.2) is 17.9 Å². The molecule has 0 radical (unpaired) electrons. The van der Waals surface area contributed by atoms with E-state index in [0.29, 0.717) is 12.8 Å². The molecule has 4 rings (SSSR count). The molecule has 7 heteroatoms. The summed E-state index contributed by atoms with van der Waals surface area (Å²) in [6.45, 7) is 4.72. The van der Waals surface area contributed by atoms with Crippen LogP contribution in [0.3, 0.4) is 0 Å². The first-order valence-corrected chi connectivity index (χ1v) is 12.2. The largest absolute Gasteiger partial charge is 0.332 e. The van der Waals surface area contributed by atoms with Crippen molar-refractivity contribution in [3.8, 4) is 0 Å². The first-order chi connectivity index (χ1) is 13.5. The van der Waals surface area contributed by atoms with E-state index in [-0.39, 0.29) is 0 Å². The van der Waals surface area contributed by atoms with Crippen molar-refractivity contribution in [3.05, 3.63) is 28.3 Å². The molecule has 2 amide bonds. The van der Waals surface area contributed by atoms with Crippen LogP contribution in [-0.2, 0) is 35.7 Å². The number of fused-ring (bicyclic) bond motifs is 2. The van der Waals surface area contributed by atoms with Crippen molar-refractivity contribution in [2.24, 2.45) is 0 Å². The number of anilines is 1. The smallest absolute Gasteiger partial charge is 0.307 e. The molecular formula is C21H31N3O3S. The highest BCUT2D eigenvalue weighted by Gasteiger charge is 2.31. The molecule has 1 saturated heterocycles. The number of sulfonamides is 1. The number of hydrogen-bond donors (Lipinski definition) is 2. The van der Waals surface area contributed by atoms with Crippen molar-refractivity contribution < 1.29 is 13.2 Å². The second-order valence-electron chi connectivity index (χ2n) is 8.32. The van der Waals surface area contributed by atoms with E-state index in [2.05, 4.69) is 27.9 Å². The number of aryl methyl sites for hydroxylation is 2. The summed E-state index contributed by atoms with van der Waals surface area (Å²) in [5.41, 5.74) is 5.94. The maximum absolute atomic E-state index is 12.8. The van der Waals surface area contributed by atoms with E-state index in [0.717, 1.165) is 70.3 Å². The van der Waals surface area contributed by atoms with Gasteiger partial charge in [-0.1, -0.05) is 13.0 Å². The van der Waals surface area contributed by atoms with Crippen LogP contribution >= 0.6 is 0 Å². The Bertz CT molecular complexity index is 834. The van der Waals surface area contributed by atoms with E-state index in [9.17, 15) is 13.2 Å². The average molecular weight is 406 g/mol. The molecule has 0 bridgehead atoms. The lowest BCUT2D eigenvalue weighted by atomic mass is 9.99. The van der Waals surface area contributed by atoms with Crippen molar-refractivity contribution >= 4 is 21.7 Å². The number of hydrogen-bond acceptors (Lipinski definition) is 4. The predicted molar refractivity (Wildman–Crippen MR) is 111 cm³/mol. The molecule has 2 aliphatic carbocycles. The van der Waals surface area contributed by atoms with Gasteiger partial charge in [-0.2, -0.15) is 0 Å². The maximum Gasteiger partial charge on any atom is 0.332 e. The number of carbonyl (C=O) groups is 1. The molecule has 1 fully saturated rings. The zero-order chi connectivity index (χ0) is 19.7.